The van der Waals surface area contributed by atoms with Gasteiger partial charge in [-0.3, -0.25) is 0 Å². The molecule has 0 aliphatic rings. The van der Waals surface area contributed by atoms with Gasteiger partial charge in [-0.15, -0.1) is 0 Å². The summed E-state index contributed by atoms with van der Waals surface area (Å²) in [6.07, 6.45) is 0.738. The van der Waals surface area contributed by atoms with Crippen LogP contribution >= 0.6 is 0 Å². The molecule has 0 bridgehead atoms. The molecule has 1 aromatic carbocycles. The maximum absolute atomic E-state index is 5.22. The predicted molar refractivity (Wildman–Crippen MR) is 55.7 cm³/mol. The number of rotatable bonds is 3. The Balaban J connectivity index is 2.44. The van der Waals surface area contributed by atoms with Crippen LogP contribution in [0.5, 0.6) is 5.75 Å². The van der Waals surface area contributed by atoms with E-state index in [0.29, 0.717) is 11.7 Å². The van der Waals surface area contributed by atoms with Gasteiger partial charge in [-0.1, -0.05) is 24.2 Å². The standard InChI is InChI=1S/C11H12N2O2/c1-3-10-12-11(13-15-10)8-6-4-5-7-9(8)14-2/h4-7H,3H2,1-2H3. The van der Waals surface area contributed by atoms with E-state index in [4.69, 9.17) is 9.26 Å². The molecular weight excluding hydrogens is 192 g/mol. The van der Waals surface area contributed by atoms with E-state index in [2.05, 4.69) is 10.1 Å². The molecule has 0 unspecified atom stereocenters. The Hall–Kier alpha value is -1.84. The maximum Gasteiger partial charge on any atom is 0.226 e. The Bertz CT molecular complexity index is 451. The predicted octanol–water partition coefficient (Wildman–Crippen LogP) is 2.31. The summed E-state index contributed by atoms with van der Waals surface area (Å²) in [5.41, 5.74) is 0.850. The van der Waals surface area contributed by atoms with Gasteiger partial charge in [0, 0.05) is 6.42 Å². The number of ether oxygens (including phenoxy) is 1. The third kappa shape index (κ3) is 1.83. The summed E-state index contributed by atoms with van der Waals surface area (Å²) in [5.74, 6) is 1.96. The van der Waals surface area contributed by atoms with Gasteiger partial charge < -0.3 is 9.26 Å². The largest absolute Gasteiger partial charge is 0.496 e. The molecule has 0 fully saturated rings. The van der Waals surface area contributed by atoms with Gasteiger partial charge in [0.15, 0.2) is 0 Å². The van der Waals surface area contributed by atoms with Crippen LogP contribution in [0.3, 0.4) is 0 Å². The molecule has 0 saturated carbocycles. The van der Waals surface area contributed by atoms with Crippen LogP contribution in [0.2, 0.25) is 0 Å². The lowest BCUT2D eigenvalue weighted by atomic mass is 10.2. The van der Waals surface area contributed by atoms with Crippen molar-refractivity contribution in [2.24, 2.45) is 0 Å². The number of hydrogen-bond acceptors (Lipinski definition) is 4. The third-order valence-corrected chi connectivity index (χ3v) is 2.12. The summed E-state index contributed by atoms with van der Waals surface area (Å²) in [7, 11) is 1.62. The van der Waals surface area contributed by atoms with E-state index in [1.165, 1.54) is 0 Å². The fourth-order valence-electron chi connectivity index (χ4n) is 1.34. The number of hydrogen-bond donors (Lipinski definition) is 0. The number of nitrogens with zero attached hydrogens (tertiary/aromatic N) is 2. The zero-order chi connectivity index (χ0) is 10.7. The molecule has 1 aromatic heterocycles. The molecular formula is C11H12N2O2. The van der Waals surface area contributed by atoms with Crippen LogP contribution in [0.15, 0.2) is 28.8 Å². The monoisotopic (exact) mass is 204 g/mol. The van der Waals surface area contributed by atoms with Crippen molar-refractivity contribution in [2.75, 3.05) is 7.11 Å². The molecule has 0 amide bonds. The van der Waals surface area contributed by atoms with Gasteiger partial charge in [0.2, 0.25) is 11.7 Å². The smallest absolute Gasteiger partial charge is 0.226 e. The summed E-state index contributed by atoms with van der Waals surface area (Å²) >= 11 is 0. The van der Waals surface area contributed by atoms with Crippen molar-refractivity contribution in [1.29, 1.82) is 0 Å². The van der Waals surface area contributed by atoms with Crippen molar-refractivity contribution < 1.29 is 9.26 Å². The first kappa shape index (κ1) is 9.71. The van der Waals surface area contributed by atoms with Crippen LogP contribution in [0.4, 0.5) is 0 Å². The van der Waals surface area contributed by atoms with Gasteiger partial charge in [0.05, 0.1) is 12.7 Å². The van der Waals surface area contributed by atoms with E-state index in [-0.39, 0.29) is 0 Å². The van der Waals surface area contributed by atoms with Crippen molar-refractivity contribution >= 4 is 0 Å². The highest BCUT2D eigenvalue weighted by molar-refractivity contribution is 5.63. The van der Waals surface area contributed by atoms with E-state index in [0.717, 1.165) is 17.7 Å². The average Bonchev–Trinajstić information content (AvgIpc) is 2.77. The van der Waals surface area contributed by atoms with Crippen LogP contribution < -0.4 is 4.74 Å². The van der Waals surface area contributed by atoms with Crippen molar-refractivity contribution in [3.63, 3.8) is 0 Å². The Morgan fingerprint density at radius 2 is 2.13 bits per heavy atom. The van der Waals surface area contributed by atoms with Gasteiger partial charge >= 0.3 is 0 Å². The molecule has 78 valence electrons. The minimum atomic E-state index is 0.573. The average molecular weight is 204 g/mol. The molecule has 15 heavy (non-hydrogen) atoms. The highest BCUT2D eigenvalue weighted by Gasteiger charge is 2.11. The van der Waals surface area contributed by atoms with Crippen molar-refractivity contribution in [1.82, 2.24) is 10.1 Å². The van der Waals surface area contributed by atoms with Gasteiger partial charge in [-0.25, -0.2) is 0 Å². The molecule has 4 nitrogen and oxygen atoms in total. The lowest BCUT2D eigenvalue weighted by molar-refractivity contribution is 0.382. The zero-order valence-electron chi connectivity index (χ0n) is 8.73. The summed E-state index contributed by atoms with van der Waals surface area (Å²) < 4.78 is 10.3. The molecule has 1 heterocycles. The Morgan fingerprint density at radius 3 is 2.80 bits per heavy atom. The lowest BCUT2D eigenvalue weighted by Crippen LogP contribution is -1.88. The first-order valence-electron chi connectivity index (χ1n) is 4.81. The van der Waals surface area contributed by atoms with Gasteiger partial charge in [0.1, 0.15) is 5.75 Å². The minimum absolute atomic E-state index is 0.573. The maximum atomic E-state index is 5.22. The Labute approximate surface area is 87.9 Å². The van der Waals surface area contributed by atoms with Gasteiger partial charge in [0.25, 0.3) is 0 Å². The normalized spacial score (nSPS) is 10.3. The molecule has 2 aromatic rings. The van der Waals surface area contributed by atoms with E-state index in [1.54, 1.807) is 7.11 Å². The van der Waals surface area contributed by atoms with E-state index >= 15 is 0 Å². The number of benzene rings is 1. The first-order valence-corrected chi connectivity index (χ1v) is 4.81. The molecule has 0 atom stereocenters. The van der Waals surface area contributed by atoms with Crippen molar-refractivity contribution in [2.45, 2.75) is 13.3 Å². The highest BCUT2D eigenvalue weighted by atomic mass is 16.5. The van der Waals surface area contributed by atoms with Crippen LogP contribution in [0.25, 0.3) is 11.4 Å². The van der Waals surface area contributed by atoms with Crippen LogP contribution in [0.1, 0.15) is 12.8 Å². The lowest BCUT2D eigenvalue weighted by Gasteiger charge is -2.02. The fourth-order valence-corrected chi connectivity index (χ4v) is 1.34. The molecule has 0 aliphatic heterocycles. The molecule has 0 aliphatic carbocycles. The summed E-state index contributed by atoms with van der Waals surface area (Å²) in [4.78, 5) is 4.25. The highest BCUT2D eigenvalue weighted by Crippen LogP contribution is 2.26. The van der Waals surface area contributed by atoms with Crippen LogP contribution in [-0.2, 0) is 6.42 Å². The van der Waals surface area contributed by atoms with Crippen LogP contribution in [0, 0.1) is 0 Å². The SMILES string of the molecule is CCc1nc(-c2ccccc2OC)no1. The molecule has 0 spiro atoms. The van der Waals surface area contributed by atoms with Crippen LogP contribution in [-0.4, -0.2) is 17.3 Å². The number of para-hydroxylation sites is 1. The Kier molecular flexibility index (Phi) is 2.67. The molecule has 0 N–H and O–H groups in total. The molecule has 2 rings (SSSR count). The number of aryl methyl sites for hydroxylation is 1. The summed E-state index contributed by atoms with van der Waals surface area (Å²) in [6, 6.07) is 7.60. The fraction of sp³-hybridized carbons (Fsp3) is 0.273. The number of methoxy groups -OCH3 is 1. The van der Waals surface area contributed by atoms with Gasteiger partial charge in [-0.05, 0) is 12.1 Å². The second kappa shape index (κ2) is 4.13. The minimum Gasteiger partial charge on any atom is -0.496 e. The second-order valence-electron chi connectivity index (χ2n) is 3.07. The quantitative estimate of drug-likeness (QED) is 0.769. The third-order valence-electron chi connectivity index (χ3n) is 2.12. The first-order chi connectivity index (χ1) is 7.35. The number of aromatic nitrogens is 2. The molecule has 0 saturated heterocycles. The topological polar surface area (TPSA) is 48.2 Å². The summed E-state index contributed by atoms with van der Waals surface area (Å²) in [6.45, 7) is 1.97. The molecule has 4 heteroatoms. The van der Waals surface area contributed by atoms with E-state index < -0.39 is 0 Å². The van der Waals surface area contributed by atoms with Gasteiger partial charge in [-0.2, -0.15) is 4.98 Å². The Morgan fingerprint density at radius 1 is 1.33 bits per heavy atom. The summed E-state index contributed by atoms with van der Waals surface area (Å²) in [5, 5.41) is 3.90. The van der Waals surface area contributed by atoms with Crippen molar-refractivity contribution in [3.05, 3.63) is 30.2 Å². The van der Waals surface area contributed by atoms with E-state index in [1.807, 2.05) is 31.2 Å². The molecule has 0 radical (unpaired) electrons. The second-order valence-corrected chi connectivity index (χ2v) is 3.07. The van der Waals surface area contributed by atoms with E-state index in [9.17, 15) is 0 Å². The van der Waals surface area contributed by atoms with Crippen molar-refractivity contribution in [3.8, 4) is 17.1 Å². The zero-order valence-corrected chi connectivity index (χ0v) is 8.73.